The van der Waals surface area contributed by atoms with Gasteiger partial charge in [0, 0.05) is 13.6 Å². The summed E-state index contributed by atoms with van der Waals surface area (Å²) in [6.45, 7) is 8.22. The van der Waals surface area contributed by atoms with E-state index >= 15 is 0 Å². The summed E-state index contributed by atoms with van der Waals surface area (Å²) in [5, 5.41) is 13.8. The molecule has 0 unspecified atom stereocenters. The zero-order valence-corrected chi connectivity index (χ0v) is 15.5. The van der Waals surface area contributed by atoms with E-state index in [1.807, 2.05) is 20.9 Å². The standard InChI is InChI=1S/C15H24N6O2S/c1-6-7-8-21-14(23)17-18-15(21)24-11(4)13(22)16-12-9(2)19-20(5)10(12)3/h11H,6-8H2,1-5H3,(H,16,22)(H,17,23)/t11-/m1/s1. The van der Waals surface area contributed by atoms with Gasteiger partial charge in [0.1, 0.15) is 0 Å². The Bertz CT molecular complexity index is 776. The minimum atomic E-state index is -0.389. The number of hydrogen-bond acceptors (Lipinski definition) is 5. The predicted molar refractivity (Wildman–Crippen MR) is 94.4 cm³/mol. The molecule has 0 aliphatic carbocycles. The Morgan fingerprint density at radius 1 is 1.42 bits per heavy atom. The number of nitrogens with zero attached hydrogens (tertiary/aromatic N) is 4. The predicted octanol–water partition coefficient (Wildman–Crippen LogP) is 1.84. The van der Waals surface area contributed by atoms with Crippen molar-refractivity contribution in [2.24, 2.45) is 7.05 Å². The number of carbonyl (C=O) groups is 1. The number of hydrogen-bond donors (Lipinski definition) is 2. The molecule has 2 N–H and O–H groups in total. The molecule has 0 radical (unpaired) electrons. The Morgan fingerprint density at radius 3 is 2.71 bits per heavy atom. The second-order valence-corrected chi connectivity index (χ2v) is 7.04. The molecule has 1 amide bonds. The van der Waals surface area contributed by atoms with E-state index in [0.717, 1.165) is 29.9 Å². The van der Waals surface area contributed by atoms with Crippen LogP contribution in [-0.2, 0) is 18.4 Å². The van der Waals surface area contributed by atoms with Gasteiger partial charge in [-0.3, -0.25) is 14.0 Å². The van der Waals surface area contributed by atoms with Gasteiger partial charge in [0.2, 0.25) is 5.91 Å². The zero-order valence-electron chi connectivity index (χ0n) is 14.7. The lowest BCUT2D eigenvalue weighted by atomic mass is 10.3. The topological polar surface area (TPSA) is 97.6 Å². The second-order valence-electron chi connectivity index (χ2n) is 5.74. The molecule has 0 aromatic carbocycles. The summed E-state index contributed by atoms with van der Waals surface area (Å²) >= 11 is 1.27. The van der Waals surface area contributed by atoms with E-state index in [1.165, 1.54) is 11.8 Å². The third-order valence-corrected chi connectivity index (χ3v) is 4.96. The van der Waals surface area contributed by atoms with Crippen LogP contribution < -0.4 is 11.0 Å². The van der Waals surface area contributed by atoms with E-state index in [1.54, 1.807) is 16.2 Å². The Labute approximate surface area is 145 Å². The number of rotatable bonds is 7. The monoisotopic (exact) mass is 352 g/mol. The molecule has 9 heteroatoms. The maximum atomic E-state index is 12.5. The van der Waals surface area contributed by atoms with Gasteiger partial charge in [-0.2, -0.15) is 5.10 Å². The van der Waals surface area contributed by atoms with E-state index in [9.17, 15) is 9.59 Å². The van der Waals surface area contributed by atoms with Crippen LogP contribution in [0.1, 0.15) is 38.1 Å². The summed E-state index contributed by atoms with van der Waals surface area (Å²) in [6, 6.07) is 0. The molecule has 0 saturated carbocycles. The number of aromatic amines is 1. The van der Waals surface area contributed by atoms with E-state index in [4.69, 9.17) is 0 Å². The summed E-state index contributed by atoms with van der Waals surface area (Å²) in [5.41, 5.74) is 2.18. The molecular weight excluding hydrogens is 328 g/mol. The number of aromatic nitrogens is 5. The lowest BCUT2D eigenvalue weighted by molar-refractivity contribution is -0.115. The highest BCUT2D eigenvalue weighted by molar-refractivity contribution is 8.00. The van der Waals surface area contributed by atoms with Gasteiger partial charge in [0.05, 0.1) is 22.3 Å². The minimum Gasteiger partial charge on any atom is -0.322 e. The normalized spacial score (nSPS) is 12.4. The average molecular weight is 352 g/mol. The summed E-state index contributed by atoms with van der Waals surface area (Å²) in [5.74, 6) is -0.142. The molecule has 0 spiro atoms. The molecule has 24 heavy (non-hydrogen) atoms. The van der Waals surface area contributed by atoms with Crippen LogP contribution in [0.5, 0.6) is 0 Å². The van der Waals surface area contributed by atoms with Gasteiger partial charge in [-0.1, -0.05) is 25.1 Å². The number of carbonyl (C=O) groups excluding carboxylic acids is 1. The Hall–Kier alpha value is -2.03. The van der Waals surface area contributed by atoms with Crippen molar-refractivity contribution >= 4 is 23.4 Å². The van der Waals surface area contributed by atoms with E-state index in [-0.39, 0.29) is 16.8 Å². The summed E-state index contributed by atoms with van der Waals surface area (Å²) in [6.07, 6.45) is 1.87. The molecule has 2 heterocycles. The summed E-state index contributed by atoms with van der Waals surface area (Å²) < 4.78 is 3.32. The molecule has 132 valence electrons. The molecule has 8 nitrogen and oxygen atoms in total. The van der Waals surface area contributed by atoms with Crippen LogP contribution in [0.25, 0.3) is 0 Å². The van der Waals surface area contributed by atoms with Crippen molar-refractivity contribution in [3.63, 3.8) is 0 Å². The minimum absolute atomic E-state index is 0.142. The number of nitrogens with one attached hydrogen (secondary N) is 2. The lowest BCUT2D eigenvalue weighted by Crippen LogP contribution is -2.24. The van der Waals surface area contributed by atoms with Crippen molar-refractivity contribution in [1.82, 2.24) is 24.5 Å². The van der Waals surface area contributed by atoms with Crippen LogP contribution in [0.2, 0.25) is 0 Å². The molecular formula is C15H24N6O2S. The Kier molecular flexibility index (Phi) is 5.87. The first kappa shape index (κ1) is 18.3. The number of amides is 1. The number of aryl methyl sites for hydroxylation is 2. The summed E-state index contributed by atoms with van der Waals surface area (Å²) in [4.78, 5) is 24.3. The molecule has 2 aromatic heterocycles. The number of unbranched alkanes of at least 4 members (excludes halogenated alkanes) is 1. The molecule has 0 fully saturated rings. The van der Waals surface area contributed by atoms with Crippen LogP contribution in [0.15, 0.2) is 9.95 Å². The molecule has 1 atom stereocenters. The van der Waals surface area contributed by atoms with Gasteiger partial charge in [-0.25, -0.2) is 9.89 Å². The van der Waals surface area contributed by atoms with E-state index in [0.29, 0.717) is 11.7 Å². The van der Waals surface area contributed by atoms with Crippen LogP contribution in [0, 0.1) is 13.8 Å². The molecule has 0 aliphatic rings. The SMILES string of the molecule is CCCCn1c(S[C@H](C)C(=O)Nc2c(C)nn(C)c2C)n[nH]c1=O. The maximum Gasteiger partial charge on any atom is 0.343 e. The van der Waals surface area contributed by atoms with Crippen molar-refractivity contribution < 1.29 is 4.79 Å². The third-order valence-electron chi connectivity index (χ3n) is 3.87. The molecule has 2 rings (SSSR count). The average Bonchev–Trinajstić information content (AvgIpc) is 2.99. The van der Waals surface area contributed by atoms with Gasteiger partial charge in [-0.15, -0.1) is 5.10 Å². The van der Waals surface area contributed by atoms with Gasteiger partial charge in [0.25, 0.3) is 0 Å². The first-order chi connectivity index (χ1) is 11.3. The van der Waals surface area contributed by atoms with Crippen molar-refractivity contribution in [2.45, 2.75) is 57.5 Å². The molecule has 0 bridgehead atoms. The van der Waals surface area contributed by atoms with Gasteiger partial charge in [0.15, 0.2) is 5.16 Å². The Morgan fingerprint density at radius 2 is 2.12 bits per heavy atom. The zero-order chi connectivity index (χ0) is 17.9. The second kappa shape index (κ2) is 7.69. The van der Waals surface area contributed by atoms with Crippen molar-refractivity contribution in [2.75, 3.05) is 5.32 Å². The molecule has 0 saturated heterocycles. The largest absolute Gasteiger partial charge is 0.343 e. The van der Waals surface area contributed by atoms with Crippen molar-refractivity contribution in [1.29, 1.82) is 0 Å². The lowest BCUT2D eigenvalue weighted by Gasteiger charge is -2.12. The number of anilines is 1. The van der Waals surface area contributed by atoms with Crippen molar-refractivity contribution in [3.05, 3.63) is 21.9 Å². The first-order valence-electron chi connectivity index (χ1n) is 7.98. The third kappa shape index (κ3) is 3.89. The quantitative estimate of drug-likeness (QED) is 0.741. The Balaban J connectivity index is 2.08. The van der Waals surface area contributed by atoms with Crippen LogP contribution >= 0.6 is 11.8 Å². The van der Waals surface area contributed by atoms with Crippen LogP contribution in [0.4, 0.5) is 5.69 Å². The molecule has 0 aliphatic heterocycles. The number of H-pyrrole nitrogens is 1. The van der Waals surface area contributed by atoms with Gasteiger partial charge >= 0.3 is 5.69 Å². The van der Waals surface area contributed by atoms with E-state index in [2.05, 4.69) is 27.5 Å². The van der Waals surface area contributed by atoms with Crippen LogP contribution in [0.3, 0.4) is 0 Å². The highest BCUT2D eigenvalue weighted by atomic mass is 32.2. The molecule has 2 aromatic rings. The highest BCUT2D eigenvalue weighted by Crippen LogP contribution is 2.24. The highest BCUT2D eigenvalue weighted by Gasteiger charge is 2.21. The van der Waals surface area contributed by atoms with E-state index < -0.39 is 0 Å². The fourth-order valence-electron chi connectivity index (χ4n) is 2.30. The fraction of sp³-hybridized carbons (Fsp3) is 0.600. The smallest absolute Gasteiger partial charge is 0.322 e. The number of thioether (sulfide) groups is 1. The summed E-state index contributed by atoms with van der Waals surface area (Å²) in [7, 11) is 1.84. The van der Waals surface area contributed by atoms with Crippen molar-refractivity contribution in [3.8, 4) is 0 Å². The fourth-order valence-corrected chi connectivity index (χ4v) is 3.18. The van der Waals surface area contributed by atoms with Gasteiger partial charge < -0.3 is 5.32 Å². The van der Waals surface area contributed by atoms with Gasteiger partial charge in [-0.05, 0) is 27.2 Å². The maximum absolute atomic E-state index is 12.5. The first-order valence-corrected chi connectivity index (χ1v) is 8.86. The van der Waals surface area contributed by atoms with Crippen LogP contribution in [-0.4, -0.2) is 35.7 Å².